The summed E-state index contributed by atoms with van der Waals surface area (Å²) >= 11 is 0. The number of hydrogen-bond donors (Lipinski definition) is 2. The van der Waals surface area contributed by atoms with E-state index in [4.69, 9.17) is 5.11 Å². The Kier molecular flexibility index (Phi) is 4.54. The monoisotopic (exact) mass is 214 g/mol. The van der Waals surface area contributed by atoms with Crippen molar-refractivity contribution in [2.24, 2.45) is 0 Å². The van der Waals surface area contributed by atoms with Crippen LogP contribution in [0.3, 0.4) is 0 Å². The lowest BCUT2D eigenvalue weighted by atomic mass is 9.85. The predicted octanol–water partition coefficient (Wildman–Crippen LogP) is 0.922. The van der Waals surface area contributed by atoms with Crippen LogP contribution in [0.4, 0.5) is 0 Å². The fourth-order valence-corrected chi connectivity index (χ4v) is 2.17. The number of nitrogens with zero attached hydrogens (tertiary/aromatic N) is 1. The van der Waals surface area contributed by atoms with Crippen LogP contribution < -0.4 is 5.32 Å². The molecule has 0 spiro atoms. The molecule has 0 heterocycles. The Balaban J connectivity index is 2.26. The van der Waals surface area contributed by atoms with Gasteiger partial charge in [-0.15, -0.1) is 0 Å². The van der Waals surface area contributed by atoms with Gasteiger partial charge in [-0.25, -0.2) is 0 Å². The summed E-state index contributed by atoms with van der Waals surface area (Å²) in [5.41, 5.74) is 0. The van der Waals surface area contributed by atoms with Crippen LogP contribution in [0.5, 0.6) is 0 Å². The van der Waals surface area contributed by atoms with Crippen LogP contribution in [0.15, 0.2) is 0 Å². The fourth-order valence-electron chi connectivity index (χ4n) is 2.17. The van der Waals surface area contributed by atoms with E-state index in [9.17, 15) is 4.79 Å². The van der Waals surface area contributed by atoms with Gasteiger partial charge in [0.1, 0.15) is 0 Å². The summed E-state index contributed by atoms with van der Waals surface area (Å²) in [5.74, 6) is -0.725. The highest BCUT2D eigenvalue weighted by atomic mass is 16.4. The quantitative estimate of drug-likeness (QED) is 0.690. The molecule has 15 heavy (non-hydrogen) atoms. The molecule has 1 fully saturated rings. The largest absolute Gasteiger partial charge is 0.480 e. The molecule has 0 aliphatic heterocycles. The van der Waals surface area contributed by atoms with E-state index in [-0.39, 0.29) is 6.54 Å². The van der Waals surface area contributed by atoms with Crippen LogP contribution in [-0.4, -0.2) is 47.2 Å². The standard InChI is InChI=1S/C11H22N2O2/c1-4-13(7-11(14)15)10-5-9(6-10)12-8(2)3/h8-10,12H,4-7H2,1-3H3,(H,14,15). The highest BCUT2D eigenvalue weighted by Gasteiger charge is 2.33. The summed E-state index contributed by atoms with van der Waals surface area (Å²) in [6.07, 6.45) is 2.17. The van der Waals surface area contributed by atoms with Crippen molar-refractivity contribution in [1.29, 1.82) is 0 Å². The molecule has 4 nitrogen and oxygen atoms in total. The zero-order valence-corrected chi connectivity index (χ0v) is 9.86. The second-order valence-corrected chi connectivity index (χ2v) is 4.60. The second kappa shape index (κ2) is 5.47. The number of aliphatic carboxylic acids is 1. The highest BCUT2D eigenvalue weighted by Crippen LogP contribution is 2.25. The van der Waals surface area contributed by atoms with Crippen molar-refractivity contribution in [2.75, 3.05) is 13.1 Å². The first-order chi connectivity index (χ1) is 7.02. The van der Waals surface area contributed by atoms with Gasteiger partial charge in [0.15, 0.2) is 0 Å². The highest BCUT2D eigenvalue weighted by molar-refractivity contribution is 5.69. The second-order valence-electron chi connectivity index (χ2n) is 4.60. The predicted molar refractivity (Wildman–Crippen MR) is 60.0 cm³/mol. The van der Waals surface area contributed by atoms with Crippen LogP contribution in [0.1, 0.15) is 33.6 Å². The first kappa shape index (κ1) is 12.5. The maximum absolute atomic E-state index is 10.6. The van der Waals surface area contributed by atoms with E-state index in [1.165, 1.54) is 0 Å². The van der Waals surface area contributed by atoms with Gasteiger partial charge in [0, 0.05) is 18.1 Å². The van der Waals surface area contributed by atoms with Gasteiger partial charge < -0.3 is 10.4 Å². The minimum Gasteiger partial charge on any atom is -0.480 e. The Morgan fingerprint density at radius 1 is 1.53 bits per heavy atom. The van der Waals surface area contributed by atoms with Gasteiger partial charge in [-0.2, -0.15) is 0 Å². The Hall–Kier alpha value is -0.610. The van der Waals surface area contributed by atoms with E-state index in [2.05, 4.69) is 19.2 Å². The van der Waals surface area contributed by atoms with Gasteiger partial charge >= 0.3 is 5.97 Å². The summed E-state index contributed by atoms with van der Waals surface area (Å²) in [5, 5.41) is 12.2. The molecule has 0 bridgehead atoms. The van der Waals surface area contributed by atoms with Gasteiger partial charge in [-0.05, 0) is 19.4 Å². The van der Waals surface area contributed by atoms with Gasteiger partial charge in [-0.3, -0.25) is 9.69 Å². The van der Waals surface area contributed by atoms with Crippen LogP contribution in [0.2, 0.25) is 0 Å². The number of hydrogen-bond acceptors (Lipinski definition) is 3. The molecule has 0 unspecified atom stereocenters. The molecule has 0 radical (unpaired) electrons. The number of nitrogens with one attached hydrogen (secondary N) is 1. The van der Waals surface area contributed by atoms with E-state index in [1.54, 1.807) is 0 Å². The van der Waals surface area contributed by atoms with Crippen LogP contribution in [0, 0.1) is 0 Å². The maximum atomic E-state index is 10.6. The van der Waals surface area contributed by atoms with E-state index < -0.39 is 5.97 Å². The van der Waals surface area contributed by atoms with Crippen molar-refractivity contribution >= 4 is 5.97 Å². The zero-order chi connectivity index (χ0) is 11.4. The Morgan fingerprint density at radius 2 is 2.13 bits per heavy atom. The average Bonchev–Trinajstić information content (AvgIpc) is 2.06. The van der Waals surface area contributed by atoms with Crippen molar-refractivity contribution in [2.45, 2.75) is 51.7 Å². The van der Waals surface area contributed by atoms with Crippen molar-refractivity contribution in [3.63, 3.8) is 0 Å². The van der Waals surface area contributed by atoms with Gasteiger partial charge in [-0.1, -0.05) is 20.8 Å². The lowest BCUT2D eigenvalue weighted by molar-refractivity contribution is -0.139. The Bertz CT molecular complexity index is 213. The molecule has 2 N–H and O–H groups in total. The molecular weight excluding hydrogens is 192 g/mol. The SMILES string of the molecule is CCN(CC(=O)O)C1CC(NC(C)C)C1. The first-order valence-electron chi connectivity index (χ1n) is 5.74. The molecule has 1 aliphatic rings. The Morgan fingerprint density at radius 3 is 2.53 bits per heavy atom. The molecule has 0 aromatic heterocycles. The minimum absolute atomic E-state index is 0.176. The lowest BCUT2D eigenvalue weighted by Crippen LogP contribution is -2.54. The third-order valence-corrected chi connectivity index (χ3v) is 2.94. The first-order valence-corrected chi connectivity index (χ1v) is 5.74. The van der Waals surface area contributed by atoms with Gasteiger partial charge in [0.25, 0.3) is 0 Å². The number of rotatable bonds is 6. The minimum atomic E-state index is -0.725. The molecule has 0 saturated heterocycles. The van der Waals surface area contributed by atoms with Crippen molar-refractivity contribution in [1.82, 2.24) is 10.2 Å². The molecule has 0 aromatic rings. The summed E-state index contributed by atoms with van der Waals surface area (Å²) in [7, 11) is 0. The number of carbonyl (C=O) groups is 1. The number of carboxylic acid groups (broad SMARTS) is 1. The summed E-state index contributed by atoms with van der Waals surface area (Å²) in [6.45, 7) is 7.30. The van der Waals surface area contributed by atoms with Crippen molar-refractivity contribution in [3.05, 3.63) is 0 Å². The van der Waals surface area contributed by atoms with Crippen molar-refractivity contribution in [3.8, 4) is 0 Å². The normalized spacial score (nSPS) is 25.7. The van der Waals surface area contributed by atoms with Crippen LogP contribution >= 0.6 is 0 Å². The zero-order valence-electron chi connectivity index (χ0n) is 9.86. The molecule has 4 heteroatoms. The lowest BCUT2D eigenvalue weighted by Gasteiger charge is -2.43. The van der Waals surface area contributed by atoms with Crippen molar-refractivity contribution < 1.29 is 9.90 Å². The van der Waals surface area contributed by atoms with E-state index in [0.29, 0.717) is 18.1 Å². The smallest absolute Gasteiger partial charge is 0.317 e. The molecule has 1 rings (SSSR count). The maximum Gasteiger partial charge on any atom is 0.317 e. The average molecular weight is 214 g/mol. The van der Waals surface area contributed by atoms with Crippen LogP contribution in [0.25, 0.3) is 0 Å². The molecule has 0 amide bonds. The molecule has 88 valence electrons. The molecule has 0 atom stereocenters. The number of carboxylic acids is 1. The van der Waals surface area contributed by atoms with Gasteiger partial charge in [0.05, 0.1) is 6.54 Å². The molecule has 1 saturated carbocycles. The van der Waals surface area contributed by atoms with E-state index in [0.717, 1.165) is 19.4 Å². The topological polar surface area (TPSA) is 52.6 Å². The summed E-state index contributed by atoms with van der Waals surface area (Å²) in [6, 6.07) is 1.56. The summed E-state index contributed by atoms with van der Waals surface area (Å²) < 4.78 is 0. The number of likely N-dealkylation sites (N-methyl/N-ethyl adjacent to an activating group) is 1. The molecule has 1 aliphatic carbocycles. The van der Waals surface area contributed by atoms with E-state index in [1.807, 2.05) is 11.8 Å². The van der Waals surface area contributed by atoms with E-state index >= 15 is 0 Å². The third kappa shape index (κ3) is 3.80. The fraction of sp³-hybridized carbons (Fsp3) is 0.909. The third-order valence-electron chi connectivity index (χ3n) is 2.94. The molecule has 0 aromatic carbocycles. The summed E-state index contributed by atoms with van der Waals surface area (Å²) in [4.78, 5) is 12.7. The van der Waals surface area contributed by atoms with Gasteiger partial charge in [0.2, 0.25) is 0 Å². The Labute approximate surface area is 91.6 Å². The molecular formula is C11H22N2O2. The van der Waals surface area contributed by atoms with Crippen LogP contribution in [-0.2, 0) is 4.79 Å².